The molecule has 2 fully saturated rings. The van der Waals surface area contributed by atoms with Gasteiger partial charge in [-0.25, -0.2) is 0 Å². The Hall–Kier alpha value is -0.610. The topological polar surface area (TPSA) is 83.5 Å². The van der Waals surface area contributed by atoms with Crippen molar-refractivity contribution in [3.05, 3.63) is 0 Å². The minimum atomic E-state index is -0.804. The van der Waals surface area contributed by atoms with Gasteiger partial charge in [-0.15, -0.1) is 0 Å². The van der Waals surface area contributed by atoms with Crippen molar-refractivity contribution in [1.82, 2.24) is 0 Å². The Morgan fingerprint density at radius 1 is 1.42 bits per heavy atom. The number of hydrogen-bond acceptors (Lipinski definition) is 3. The van der Waals surface area contributed by atoms with Crippen LogP contribution in [0.15, 0.2) is 0 Å². The number of carbonyl (C=O) groups is 1. The van der Waals surface area contributed by atoms with E-state index in [1.54, 1.807) is 0 Å². The second-order valence-corrected chi connectivity index (χ2v) is 3.90. The van der Waals surface area contributed by atoms with Crippen LogP contribution >= 0.6 is 0 Å². The molecule has 5 atom stereocenters. The molecule has 68 valence electrons. The molecule has 0 aromatic rings. The van der Waals surface area contributed by atoms with Crippen LogP contribution in [0.1, 0.15) is 12.8 Å². The van der Waals surface area contributed by atoms with E-state index in [1.807, 2.05) is 0 Å². The smallest absolute Gasteiger partial charge is 0.308 e. The number of carboxylic acids is 1. The lowest BCUT2D eigenvalue weighted by Crippen LogP contribution is -2.45. The maximum Gasteiger partial charge on any atom is 0.308 e. The highest BCUT2D eigenvalue weighted by atomic mass is 16.4. The summed E-state index contributed by atoms with van der Waals surface area (Å²) < 4.78 is 0. The van der Waals surface area contributed by atoms with Gasteiger partial charge in [-0.05, 0) is 18.8 Å². The number of hydrogen-bond donors (Lipinski definition) is 3. The van der Waals surface area contributed by atoms with Crippen LogP contribution in [0.4, 0.5) is 0 Å². The minimum absolute atomic E-state index is 0.0242. The zero-order valence-electron chi connectivity index (χ0n) is 6.68. The molecule has 0 aromatic heterocycles. The van der Waals surface area contributed by atoms with E-state index in [0.717, 1.165) is 6.42 Å². The van der Waals surface area contributed by atoms with Crippen LogP contribution in [0.3, 0.4) is 0 Å². The number of nitrogens with two attached hydrogens (primary N) is 1. The first-order valence-corrected chi connectivity index (χ1v) is 4.27. The van der Waals surface area contributed by atoms with Crippen molar-refractivity contribution < 1.29 is 15.0 Å². The van der Waals surface area contributed by atoms with Gasteiger partial charge >= 0.3 is 5.97 Å². The van der Waals surface area contributed by atoms with Gasteiger partial charge in [-0.2, -0.15) is 0 Å². The van der Waals surface area contributed by atoms with Gasteiger partial charge in [0.05, 0.1) is 12.0 Å². The Labute approximate surface area is 70.4 Å². The fraction of sp³-hybridized carbons (Fsp3) is 0.875. The van der Waals surface area contributed by atoms with Gasteiger partial charge in [-0.1, -0.05) is 0 Å². The molecule has 2 aliphatic carbocycles. The summed E-state index contributed by atoms with van der Waals surface area (Å²) in [6.07, 6.45) is 1.05. The molecule has 0 amide bonds. The lowest BCUT2D eigenvalue weighted by molar-refractivity contribution is -0.144. The van der Waals surface area contributed by atoms with Crippen LogP contribution in [-0.4, -0.2) is 28.3 Å². The van der Waals surface area contributed by atoms with Gasteiger partial charge in [0.25, 0.3) is 0 Å². The number of aliphatic hydroxyl groups is 1. The molecule has 0 spiro atoms. The molecule has 0 saturated heterocycles. The van der Waals surface area contributed by atoms with Crippen molar-refractivity contribution >= 4 is 5.97 Å². The van der Waals surface area contributed by atoms with Crippen molar-refractivity contribution in [2.45, 2.75) is 25.0 Å². The molecule has 0 radical (unpaired) electrons. The summed E-state index contributed by atoms with van der Waals surface area (Å²) in [5, 5.41) is 18.2. The fourth-order valence-electron chi connectivity index (χ4n) is 2.74. The van der Waals surface area contributed by atoms with Gasteiger partial charge in [0.15, 0.2) is 0 Å². The summed E-state index contributed by atoms with van der Waals surface area (Å²) in [6.45, 7) is 0. The highest BCUT2D eigenvalue weighted by molar-refractivity contribution is 5.72. The van der Waals surface area contributed by atoms with E-state index >= 15 is 0 Å². The summed E-state index contributed by atoms with van der Waals surface area (Å²) >= 11 is 0. The van der Waals surface area contributed by atoms with Gasteiger partial charge in [0.2, 0.25) is 0 Å². The van der Waals surface area contributed by atoms with E-state index < -0.39 is 11.9 Å². The molecular formula is C8H13NO3. The quantitative estimate of drug-likeness (QED) is 0.492. The van der Waals surface area contributed by atoms with Crippen LogP contribution in [0, 0.1) is 17.8 Å². The molecule has 0 heterocycles. The second-order valence-electron chi connectivity index (χ2n) is 3.90. The summed E-state index contributed by atoms with van der Waals surface area (Å²) in [6, 6.07) is -0.337. The third-order valence-corrected chi connectivity index (χ3v) is 3.32. The summed E-state index contributed by atoms with van der Waals surface area (Å²) in [4.78, 5) is 10.7. The first-order chi connectivity index (χ1) is 5.61. The Morgan fingerprint density at radius 3 is 2.50 bits per heavy atom. The van der Waals surface area contributed by atoms with Crippen molar-refractivity contribution in [1.29, 1.82) is 0 Å². The van der Waals surface area contributed by atoms with Crippen LogP contribution in [0.5, 0.6) is 0 Å². The van der Waals surface area contributed by atoms with E-state index in [-0.39, 0.29) is 24.0 Å². The normalized spacial score (nSPS) is 51.3. The predicted molar refractivity (Wildman–Crippen MR) is 41.3 cm³/mol. The predicted octanol–water partition coefficient (Wildman–Crippen LogP) is -0.585. The zero-order valence-corrected chi connectivity index (χ0v) is 6.68. The SMILES string of the molecule is NC1C2CC(CC2O)C1C(=O)O. The van der Waals surface area contributed by atoms with Gasteiger partial charge in [0.1, 0.15) is 0 Å². The Bertz CT molecular complexity index is 216. The molecule has 2 bridgehead atoms. The monoisotopic (exact) mass is 171 g/mol. The standard InChI is InChI=1S/C8H13NO3/c9-7-4-1-3(2-5(4)10)6(7)8(11)12/h3-7,10H,1-2,9H2,(H,11,12). The molecule has 4 heteroatoms. The zero-order chi connectivity index (χ0) is 8.88. The fourth-order valence-corrected chi connectivity index (χ4v) is 2.74. The van der Waals surface area contributed by atoms with Crippen molar-refractivity contribution in [2.24, 2.45) is 23.5 Å². The van der Waals surface area contributed by atoms with Crippen LogP contribution in [0.25, 0.3) is 0 Å². The van der Waals surface area contributed by atoms with Crippen molar-refractivity contribution in [2.75, 3.05) is 0 Å². The summed E-state index contributed by atoms with van der Waals surface area (Å²) in [5.74, 6) is -1.09. The third kappa shape index (κ3) is 0.881. The van der Waals surface area contributed by atoms with Crippen LogP contribution < -0.4 is 5.73 Å². The third-order valence-electron chi connectivity index (χ3n) is 3.32. The number of fused-ring (bicyclic) bond motifs is 2. The van der Waals surface area contributed by atoms with Gasteiger partial charge in [-0.3, -0.25) is 4.79 Å². The molecule has 0 aromatic carbocycles. The summed E-state index contributed by atoms with van der Waals surface area (Å²) in [5.41, 5.74) is 5.71. The van der Waals surface area contributed by atoms with Crippen LogP contribution in [0.2, 0.25) is 0 Å². The van der Waals surface area contributed by atoms with E-state index in [1.165, 1.54) is 0 Å². The van der Waals surface area contributed by atoms with Gasteiger partial charge in [0, 0.05) is 12.0 Å². The number of carboxylic acid groups (broad SMARTS) is 1. The highest BCUT2D eigenvalue weighted by Crippen LogP contribution is 2.47. The number of rotatable bonds is 1. The van der Waals surface area contributed by atoms with E-state index in [9.17, 15) is 9.90 Å². The average Bonchev–Trinajstić information content (AvgIpc) is 2.42. The van der Waals surface area contributed by atoms with Crippen LogP contribution in [-0.2, 0) is 4.79 Å². The molecule has 5 unspecified atom stereocenters. The summed E-state index contributed by atoms with van der Waals surface area (Å²) in [7, 11) is 0. The first-order valence-electron chi connectivity index (χ1n) is 4.27. The lowest BCUT2D eigenvalue weighted by Gasteiger charge is -2.27. The molecule has 12 heavy (non-hydrogen) atoms. The largest absolute Gasteiger partial charge is 0.481 e. The number of aliphatic carboxylic acids is 1. The number of aliphatic hydroxyl groups excluding tert-OH is 1. The maximum atomic E-state index is 10.7. The molecule has 2 rings (SSSR count). The Morgan fingerprint density at radius 2 is 2.08 bits per heavy atom. The van der Waals surface area contributed by atoms with Gasteiger partial charge < -0.3 is 15.9 Å². The molecule has 4 N–H and O–H groups in total. The van der Waals surface area contributed by atoms with E-state index in [0.29, 0.717) is 6.42 Å². The highest BCUT2D eigenvalue weighted by Gasteiger charge is 2.53. The maximum absolute atomic E-state index is 10.7. The Kier molecular flexibility index (Phi) is 1.63. The molecule has 4 nitrogen and oxygen atoms in total. The molecule has 0 aliphatic heterocycles. The lowest BCUT2D eigenvalue weighted by atomic mass is 9.83. The second kappa shape index (κ2) is 2.44. The van der Waals surface area contributed by atoms with E-state index in [4.69, 9.17) is 10.8 Å². The minimum Gasteiger partial charge on any atom is -0.481 e. The van der Waals surface area contributed by atoms with E-state index in [2.05, 4.69) is 0 Å². The molecule has 2 aliphatic rings. The average molecular weight is 171 g/mol. The van der Waals surface area contributed by atoms with Crippen molar-refractivity contribution in [3.63, 3.8) is 0 Å². The van der Waals surface area contributed by atoms with Crippen molar-refractivity contribution in [3.8, 4) is 0 Å². The first kappa shape index (κ1) is 8.01. The molecular weight excluding hydrogens is 158 g/mol. The molecule has 2 saturated carbocycles. The Balaban J connectivity index is 2.18.